The SMILES string of the molecule is COc1cc2c(cc1OC)CN(C(=O)COC(=O)CNC(=O)c1ccc(Cl)cc1Cl)CC2. The van der Waals surface area contributed by atoms with Crippen molar-refractivity contribution in [2.75, 3.05) is 33.9 Å². The molecule has 3 rings (SSSR count). The topological polar surface area (TPSA) is 94.2 Å². The standard InChI is InChI=1S/C22H22Cl2N2O6/c1-30-18-7-13-5-6-26(11-14(13)8-19(18)31-2)20(27)12-32-21(28)10-25-22(29)16-4-3-15(23)9-17(16)24/h3-4,7-9H,5-6,10-12H2,1-2H3,(H,25,29). The molecule has 0 spiro atoms. The maximum absolute atomic E-state index is 12.5. The van der Waals surface area contributed by atoms with E-state index in [-0.39, 0.29) is 16.5 Å². The van der Waals surface area contributed by atoms with Gasteiger partial charge in [0.05, 0.1) is 24.8 Å². The lowest BCUT2D eigenvalue weighted by Gasteiger charge is -2.29. The predicted molar refractivity (Wildman–Crippen MR) is 118 cm³/mol. The second-order valence-electron chi connectivity index (χ2n) is 7.01. The van der Waals surface area contributed by atoms with Crippen molar-refractivity contribution < 1.29 is 28.6 Å². The first-order valence-corrected chi connectivity index (χ1v) is 10.5. The normalized spacial score (nSPS) is 12.6. The number of halogens is 2. The molecule has 0 bridgehead atoms. The third kappa shape index (κ3) is 5.63. The molecule has 0 radical (unpaired) electrons. The molecule has 0 aromatic heterocycles. The summed E-state index contributed by atoms with van der Waals surface area (Å²) >= 11 is 11.8. The summed E-state index contributed by atoms with van der Waals surface area (Å²) in [6, 6.07) is 8.15. The van der Waals surface area contributed by atoms with E-state index < -0.39 is 25.0 Å². The lowest BCUT2D eigenvalue weighted by atomic mass is 9.99. The van der Waals surface area contributed by atoms with E-state index in [4.69, 9.17) is 37.4 Å². The van der Waals surface area contributed by atoms with E-state index >= 15 is 0 Å². The maximum Gasteiger partial charge on any atom is 0.325 e. The molecule has 0 saturated heterocycles. The number of esters is 1. The highest BCUT2D eigenvalue weighted by molar-refractivity contribution is 6.36. The highest BCUT2D eigenvalue weighted by Gasteiger charge is 2.24. The Kier molecular flexibility index (Phi) is 7.82. The summed E-state index contributed by atoms with van der Waals surface area (Å²) in [4.78, 5) is 38.2. The summed E-state index contributed by atoms with van der Waals surface area (Å²) in [5.74, 6) is -0.385. The van der Waals surface area contributed by atoms with Crippen molar-refractivity contribution in [3.05, 3.63) is 57.1 Å². The van der Waals surface area contributed by atoms with Crippen LogP contribution in [-0.4, -0.2) is 56.6 Å². The number of rotatable bonds is 7. The third-order valence-electron chi connectivity index (χ3n) is 5.00. The molecule has 1 aliphatic heterocycles. The fourth-order valence-corrected chi connectivity index (χ4v) is 3.80. The molecule has 0 atom stereocenters. The average Bonchev–Trinajstić information content (AvgIpc) is 2.79. The van der Waals surface area contributed by atoms with Crippen molar-refractivity contribution in [3.8, 4) is 11.5 Å². The Morgan fingerprint density at radius 3 is 2.38 bits per heavy atom. The van der Waals surface area contributed by atoms with Crippen LogP contribution in [0.2, 0.25) is 10.0 Å². The summed E-state index contributed by atoms with van der Waals surface area (Å²) < 4.78 is 15.7. The van der Waals surface area contributed by atoms with E-state index in [9.17, 15) is 14.4 Å². The summed E-state index contributed by atoms with van der Waals surface area (Å²) in [5, 5.41) is 2.96. The summed E-state index contributed by atoms with van der Waals surface area (Å²) in [6.45, 7) is 0.0481. The van der Waals surface area contributed by atoms with Crippen LogP contribution in [0.25, 0.3) is 0 Å². The molecule has 170 valence electrons. The lowest BCUT2D eigenvalue weighted by molar-refractivity contribution is -0.151. The van der Waals surface area contributed by atoms with Gasteiger partial charge in [0, 0.05) is 18.1 Å². The van der Waals surface area contributed by atoms with Gasteiger partial charge in [-0.3, -0.25) is 14.4 Å². The number of nitrogens with zero attached hydrogens (tertiary/aromatic N) is 1. The lowest BCUT2D eigenvalue weighted by Crippen LogP contribution is -2.39. The monoisotopic (exact) mass is 480 g/mol. The van der Waals surface area contributed by atoms with Gasteiger partial charge in [-0.25, -0.2) is 0 Å². The predicted octanol–water partition coefficient (Wildman–Crippen LogP) is 2.87. The van der Waals surface area contributed by atoms with Crippen LogP contribution < -0.4 is 14.8 Å². The zero-order valence-corrected chi connectivity index (χ0v) is 19.1. The highest BCUT2D eigenvalue weighted by Crippen LogP contribution is 2.33. The number of nitrogens with one attached hydrogen (secondary N) is 1. The fraction of sp³-hybridized carbons (Fsp3) is 0.318. The van der Waals surface area contributed by atoms with E-state index in [1.165, 1.54) is 18.2 Å². The second kappa shape index (κ2) is 10.6. The number of hydrogen-bond acceptors (Lipinski definition) is 6. The Morgan fingerprint density at radius 1 is 1.03 bits per heavy atom. The minimum absolute atomic E-state index is 0.165. The number of amides is 2. The molecule has 1 heterocycles. The number of fused-ring (bicyclic) bond motifs is 1. The van der Waals surface area contributed by atoms with Crippen molar-refractivity contribution in [3.63, 3.8) is 0 Å². The van der Waals surface area contributed by atoms with Crippen molar-refractivity contribution in [1.29, 1.82) is 0 Å². The Hall–Kier alpha value is -2.97. The van der Waals surface area contributed by atoms with E-state index in [0.717, 1.165) is 11.1 Å². The smallest absolute Gasteiger partial charge is 0.325 e. The molecule has 2 aromatic rings. The minimum Gasteiger partial charge on any atom is -0.493 e. The second-order valence-corrected chi connectivity index (χ2v) is 7.85. The first kappa shape index (κ1) is 23.7. The van der Waals surface area contributed by atoms with E-state index in [0.29, 0.717) is 36.0 Å². The zero-order chi connectivity index (χ0) is 23.3. The molecule has 8 nitrogen and oxygen atoms in total. The Bertz CT molecular complexity index is 1040. The van der Waals surface area contributed by atoms with Gasteiger partial charge in [0.1, 0.15) is 6.54 Å². The molecule has 0 aliphatic carbocycles. The maximum atomic E-state index is 12.5. The quantitative estimate of drug-likeness (QED) is 0.612. The minimum atomic E-state index is -0.736. The molecule has 1 aliphatic rings. The molecule has 0 fully saturated rings. The van der Waals surface area contributed by atoms with Gasteiger partial charge < -0.3 is 24.4 Å². The molecule has 1 N–H and O–H groups in total. The summed E-state index contributed by atoms with van der Waals surface area (Å²) in [5.41, 5.74) is 2.20. The molecule has 0 unspecified atom stereocenters. The van der Waals surface area contributed by atoms with Gasteiger partial charge in [0.2, 0.25) is 0 Å². The van der Waals surface area contributed by atoms with E-state index in [1.54, 1.807) is 19.1 Å². The Balaban J connectivity index is 1.49. The number of carbonyl (C=O) groups excluding carboxylic acids is 3. The Labute approximate surface area is 195 Å². The van der Waals surface area contributed by atoms with Gasteiger partial charge in [-0.15, -0.1) is 0 Å². The van der Waals surface area contributed by atoms with Crippen molar-refractivity contribution >= 4 is 41.0 Å². The molecular formula is C22H22Cl2N2O6. The van der Waals surface area contributed by atoms with Gasteiger partial charge in [0.15, 0.2) is 18.1 Å². The largest absolute Gasteiger partial charge is 0.493 e. The number of ether oxygens (including phenoxy) is 3. The van der Waals surface area contributed by atoms with Crippen LogP contribution >= 0.6 is 23.2 Å². The van der Waals surface area contributed by atoms with Gasteiger partial charge in [-0.1, -0.05) is 23.2 Å². The van der Waals surface area contributed by atoms with Gasteiger partial charge in [-0.2, -0.15) is 0 Å². The molecule has 0 saturated carbocycles. The van der Waals surface area contributed by atoms with Gasteiger partial charge in [0.25, 0.3) is 11.8 Å². The first-order chi connectivity index (χ1) is 15.3. The molecule has 2 aromatic carbocycles. The number of benzene rings is 2. The zero-order valence-electron chi connectivity index (χ0n) is 17.6. The van der Waals surface area contributed by atoms with Crippen molar-refractivity contribution in [1.82, 2.24) is 10.2 Å². The number of carbonyl (C=O) groups is 3. The van der Waals surface area contributed by atoms with E-state index in [1.807, 2.05) is 12.1 Å². The van der Waals surface area contributed by atoms with Gasteiger partial charge >= 0.3 is 5.97 Å². The van der Waals surface area contributed by atoms with Crippen molar-refractivity contribution in [2.45, 2.75) is 13.0 Å². The van der Waals surface area contributed by atoms with Crippen LogP contribution in [0.1, 0.15) is 21.5 Å². The molecular weight excluding hydrogens is 459 g/mol. The summed E-state index contributed by atoms with van der Waals surface area (Å²) in [6.07, 6.45) is 0.646. The molecule has 2 amide bonds. The van der Waals surface area contributed by atoms with Crippen molar-refractivity contribution in [2.24, 2.45) is 0 Å². The summed E-state index contributed by atoms with van der Waals surface area (Å²) in [7, 11) is 3.12. The van der Waals surface area contributed by atoms with E-state index in [2.05, 4.69) is 5.32 Å². The van der Waals surface area contributed by atoms with Crippen LogP contribution in [0.4, 0.5) is 0 Å². The van der Waals surface area contributed by atoms with Crippen LogP contribution in [0.15, 0.2) is 30.3 Å². The molecule has 10 heteroatoms. The number of methoxy groups -OCH3 is 2. The fourth-order valence-electron chi connectivity index (χ4n) is 3.30. The van der Waals surface area contributed by atoms with Crippen LogP contribution in [0.5, 0.6) is 11.5 Å². The number of hydrogen-bond donors (Lipinski definition) is 1. The van der Waals surface area contributed by atoms with Crippen LogP contribution in [0, 0.1) is 0 Å². The first-order valence-electron chi connectivity index (χ1n) is 9.72. The third-order valence-corrected chi connectivity index (χ3v) is 5.54. The van der Waals surface area contributed by atoms with Gasteiger partial charge in [-0.05, 0) is 47.9 Å². The van der Waals surface area contributed by atoms with Crippen LogP contribution in [0.3, 0.4) is 0 Å². The molecule has 32 heavy (non-hydrogen) atoms. The average molecular weight is 481 g/mol. The Morgan fingerprint density at radius 2 is 1.72 bits per heavy atom. The highest BCUT2D eigenvalue weighted by atomic mass is 35.5. The van der Waals surface area contributed by atoms with Crippen LogP contribution in [-0.2, 0) is 27.3 Å².